The Kier molecular flexibility index (Phi) is 4.38. The highest BCUT2D eigenvalue weighted by Crippen LogP contribution is 2.35. The topological polar surface area (TPSA) is 82.9 Å². The summed E-state index contributed by atoms with van der Waals surface area (Å²) in [4.78, 5) is 10.2. The molecule has 1 aliphatic rings. The maximum absolute atomic E-state index is 10.6. The van der Waals surface area contributed by atoms with Crippen molar-refractivity contribution in [2.24, 2.45) is 0 Å². The number of ether oxygens (including phenoxy) is 3. The molecular weight excluding hydrogens is 324 g/mol. The van der Waals surface area contributed by atoms with Gasteiger partial charge in [-0.3, -0.25) is 10.1 Å². The third-order valence-electron chi connectivity index (χ3n) is 3.19. The highest BCUT2D eigenvalue weighted by atomic mass is 35.5. The first kappa shape index (κ1) is 15.2. The summed E-state index contributed by atoms with van der Waals surface area (Å²) >= 11 is 6.00. The number of rotatable bonds is 6. The Morgan fingerprint density at radius 1 is 1.22 bits per heavy atom. The molecule has 7 nitrogen and oxygen atoms in total. The molecule has 0 saturated carbocycles. The number of anilines is 1. The van der Waals surface area contributed by atoms with Crippen molar-refractivity contribution in [3.8, 4) is 17.2 Å². The Morgan fingerprint density at radius 2 is 2.04 bits per heavy atom. The van der Waals surface area contributed by atoms with Crippen LogP contribution in [-0.2, 0) is 0 Å². The van der Waals surface area contributed by atoms with Crippen LogP contribution in [0.15, 0.2) is 36.4 Å². The van der Waals surface area contributed by atoms with E-state index in [4.69, 9.17) is 25.8 Å². The van der Waals surface area contributed by atoms with Gasteiger partial charge in [-0.1, -0.05) is 11.6 Å². The third-order valence-corrected chi connectivity index (χ3v) is 3.51. The van der Waals surface area contributed by atoms with Gasteiger partial charge in [0.25, 0.3) is 5.69 Å². The first-order chi connectivity index (χ1) is 11.1. The normalized spacial score (nSPS) is 12.0. The molecule has 3 rings (SSSR count). The van der Waals surface area contributed by atoms with E-state index in [1.54, 1.807) is 24.3 Å². The molecule has 1 heterocycles. The standard InChI is InChI=1S/C15H13ClN2O5/c16-12-7-10(18(19)20)1-3-13(12)17-5-6-21-11-2-4-14-15(8-11)23-9-22-14/h1-4,7-8,17H,5-6,9H2. The first-order valence-corrected chi connectivity index (χ1v) is 7.21. The van der Waals surface area contributed by atoms with Crippen LogP contribution >= 0.6 is 11.6 Å². The number of benzene rings is 2. The number of nitro groups is 1. The van der Waals surface area contributed by atoms with E-state index in [0.29, 0.717) is 41.1 Å². The van der Waals surface area contributed by atoms with Crippen LogP contribution in [0.25, 0.3) is 0 Å². The fourth-order valence-corrected chi connectivity index (χ4v) is 2.32. The molecule has 0 amide bonds. The Labute approximate surface area is 136 Å². The minimum absolute atomic E-state index is 0.0443. The second-order valence-corrected chi connectivity index (χ2v) is 5.12. The Bertz CT molecular complexity index is 738. The number of nitrogens with one attached hydrogen (secondary N) is 1. The summed E-state index contributed by atoms with van der Waals surface area (Å²) in [6.07, 6.45) is 0. The van der Waals surface area contributed by atoms with Gasteiger partial charge in [0.1, 0.15) is 12.4 Å². The largest absolute Gasteiger partial charge is 0.492 e. The summed E-state index contributed by atoms with van der Waals surface area (Å²) in [5, 5.41) is 14.0. The highest BCUT2D eigenvalue weighted by molar-refractivity contribution is 6.33. The van der Waals surface area contributed by atoms with Crippen LogP contribution < -0.4 is 19.5 Å². The van der Waals surface area contributed by atoms with E-state index in [2.05, 4.69) is 5.32 Å². The Balaban J connectivity index is 1.51. The van der Waals surface area contributed by atoms with E-state index in [-0.39, 0.29) is 12.5 Å². The zero-order chi connectivity index (χ0) is 16.2. The molecular formula is C15H13ClN2O5. The molecule has 0 fully saturated rings. The predicted octanol–water partition coefficient (Wildman–Crippen LogP) is 3.47. The first-order valence-electron chi connectivity index (χ1n) is 6.84. The van der Waals surface area contributed by atoms with Gasteiger partial charge in [-0.05, 0) is 18.2 Å². The number of hydrogen-bond acceptors (Lipinski definition) is 6. The molecule has 1 N–H and O–H groups in total. The smallest absolute Gasteiger partial charge is 0.271 e. The van der Waals surface area contributed by atoms with E-state index in [1.807, 2.05) is 0 Å². The fraction of sp³-hybridized carbons (Fsp3) is 0.200. The van der Waals surface area contributed by atoms with Gasteiger partial charge in [0, 0.05) is 24.7 Å². The Hall–Kier alpha value is -2.67. The average Bonchev–Trinajstić information content (AvgIpc) is 3.00. The summed E-state index contributed by atoms with van der Waals surface area (Å²) < 4.78 is 16.1. The van der Waals surface area contributed by atoms with Crippen LogP contribution in [0.3, 0.4) is 0 Å². The van der Waals surface area contributed by atoms with Crippen molar-refractivity contribution >= 4 is 23.0 Å². The summed E-state index contributed by atoms with van der Waals surface area (Å²) in [5.41, 5.74) is 0.573. The molecule has 0 bridgehead atoms. The quantitative estimate of drug-likeness (QED) is 0.494. The second-order valence-electron chi connectivity index (χ2n) is 4.71. The zero-order valence-corrected chi connectivity index (χ0v) is 12.7. The predicted molar refractivity (Wildman–Crippen MR) is 84.7 cm³/mol. The lowest BCUT2D eigenvalue weighted by molar-refractivity contribution is -0.384. The molecule has 2 aromatic rings. The molecule has 0 atom stereocenters. The lowest BCUT2D eigenvalue weighted by Gasteiger charge is -2.10. The highest BCUT2D eigenvalue weighted by Gasteiger charge is 2.13. The van der Waals surface area contributed by atoms with Crippen LogP contribution in [0.2, 0.25) is 5.02 Å². The minimum Gasteiger partial charge on any atom is -0.492 e. The minimum atomic E-state index is -0.488. The molecule has 2 aromatic carbocycles. The van der Waals surface area contributed by atoms with Gasteiger partial charge in [-0.2, -0.15) is 0 Å². The maximum Gasteiger partial charge on any atom is 0.271 e. The Morgan fingerprint density at radius 3 is 2.83 bits per heavy atom. The van der Waals surface area contributed by atoms with Crippen molar-refractivity contribution in [1.29, 1.82) is 0 Å². The molecule has 0 aromatic heterocycles. The van der Waals surface area contributed by atoms with Crippen LogP contribution in [0.5, 0.6) is 17.2 Å². The zero-order valence-electron chi connectivity index (χ0n) is 12.0. The number of halogens is 1. The molecule has 0 aliphatic carbocycles. The van der Waals surface area contributed by atoms with Crippen LogP contribution in [0.4, 0.5) is 11.4 Å². The average molecular weight is 337 g/mol. The van der Waals surface area contributed by atoms with Crippen LogP contribution in [0.1, 0.15) is 0 Å². The summed E-state index contributed by atoms with van der Waals surface area (Å²) in [6.45, 7) is 1.11. The van der Waals surface area contributed by atoms with Gasteiger partial charge in [-0.25, -0.2) is 0 Å². The number of hydrogen-bond donors (Lipinski definition) is 1. The number of nitrogens with zero attached hydrogens (tertiary/aromatic N) is 1. The van der Waals surface area contributed by atoms with Gasteiger partial charge >= 0.3 is 0 Å². The summed E-state index contributed by atoms with van der Waals surface area (Å²) in [6, 6.07) is 9.63. The van der Waals surface area contributed by atoms with Crippen molar-refractivity contribution in [2.75, 3.05) is 25.3 Å². The van der Waals surface area contributed by atoms with E-state index in [1.165, 1.54) is 12.1 Å². The molecule has 23 heavy (non-hydrogen) atoms. The molecule has 120 valence electrons. The lowest BCUT2D eigenvalue weighted by Crippen LogP contribution is -2.11. The van der Waals surface area contributed by atoms with Gasteiger partial charge < -0.3 is 19.5 Å². The molecule has 0 unspecified atom stereocenters. The van der Waals surface area contributed by atoms with Gasteiger partial charge in [0.15, 0.2) is 11.5 Å². The van der Waals surface area contributed by atoms with Crippen molar-refractivity contribution in [3.05, 3.63) is 51.5 Å². The van der Waals surface area contributed by atoms with E-state index in [0.717, 1.165) is 0 Å². The number of fused-ring (bicyclic) bond motifs is 1. The van der Waals surface area contributed by atoms with E-state index < -0.39 is 4.92 Å². The lowest BCUT2D eigenvalue weighted by atomic mass is 10.3. The van der Waals surface area contributed by atoms with Gasteiger partial charge in [0.2, 0.25) is 6.79 Å². The van der Waals surface area contributed by atoms with Crippen molar-refractivity contribution < 1.29 is 19.1 Å². The van der Waals surface area contributed by atoms with Crippen molar-refractivity contribution in [3.63, 3.8) is 0 Å². The second kappa shape index (κ2) is 6.62. The maximum atomic E-state index is 10.6. The number of nitro benzene ring substituents is 1. The van der Waals surface area contributed by atoms with E-state index in [9.17, 15) is 10.1 Å². The van der Waals surface area contributed by atoms with Gasteiger partial charge in [0.05, 0.1) is 15.6 Å². The van der Waals surface area contributed by atoms with Crippen molar-refractivity contribution in [1.82, 2.24) is 0 Å². The SMILES string of the molecule is O=[N+]([O-])c1ccc(NCCOc2ccc3c(c2)OCO3)c(Cl)c1. The van der Waals surface area contributed by atoms with Crippen LogP contribution in [-0.4, -0.2) is 24.9 Å². The summed E-state index contributed by atoms with van der Waals surface area (Å²) in [7, 11) is 0. The third kappa shape index (κ3) is 3.57. The molecule has 0 saturated heterocycles. The molecule has 0 radical (unpaired) electrons. The fourth-order valence-electron chi connectivity index (χ4n) is 2.08. The van der Waals surface area contributed by atoms with E-state index >= 15 is 0 Å². The molecule has 0 spiro atoms. The molecule has 1 aliphatic heterocycles. The van der Waals surface area contributed by atoms with Gasteiger partial charge in [-0.15, -0.1) is 0 Å². The monoisotopic (exact) mass is 336 g/mol. The van der Waals surface area contributed by atoms with Crippen LogP contribution in [0, 0.1) is 10.1 Å². The summed E-state index contributed by atoms with van der Waals surface area (Å²) in [5.74, 6) is 2.04. The molecule has 8 heteroatoms. The van der Waals surface area contributed by atoms with Crippen molar-refractivity contribution in [2.45, 2.75) is 0 Å². The number of non-ortho nitro benzene ring substituents is 1.